The van der Waals surface area contributed by atoms with Gasteiger partial charge in [-0.25, -0.2) is 0 Å². The monoisotopic (exact) mass is 291 g/mol. The number of hydrogen-bond acceptors (Lipinski definition) is 4. The molecule has 20 heavy (non-hydrogen) atoms. The maximum Gasteiger partial charge on any atom is 0.263 e. The number of nitrogens with zero attached hydrogens (tertiary/aromatic N) is 1. The van der Waals surface area contributed by atoms with Crippen molar-refractivity contribution in [1.82, 2.24) is 10.3 Å². The fourth-order valence-electron chi connectivity index (χ4n) is 2.10. The van der Waals surface area contributed by atoms with Crippen molar-refractivity contribution < 1.29 is 4.79 Å². The van der Waals surface area contributed by atoms with Crippen LogP contribution in [0.1, 0.15) is 42.8 Å². The van der Waals surface area contributed by atoms with E-state index in [9.17, 15) is 4.79 Å². The third kappa shape index (κ3) is 3.48. The molecule has 0 aliphatic carbocycles. The minimum Gasteiger partial charge on any atom is -0.397 e. The first kappa shape index (κ1) is 14.8. The number of carbonyl (C=O) groups is 1. The highest BCUT2D eigenvalue weighted by molar-refractivity contribution is 7.21. The molecule has 2 heterocycles. The molecular formula is C15H21N3OS. The van der Waals surface area contributed by atoms with Gasteiger partial charge in [0.05, 0.1) is 10.4 Å². The molecule has 0 saturated heterocycles. The lowest BCUT2D eigenvalue weighted by Crippen LogP contribution is -2.24. The van der Waals surface area contributed by atoms with Gasteiger partial charge >= 0.3 is 0 Å². The van der Waals surface area contributed by atoms with Crippen molar-refractivity contribution in [2.24, 2.45) is 5.92 Å². The maximum atomic E-state index is 12.1. The van der Waals surface area contributed by atoms with Crippen LogP contribution in [0.5, 0.6) is 0 Å². The number of amides is 1. The number of thiophene rings is 1. The van der Waals surface area contributed by atoms with Gasteiger partial charge in [0.15, 0.2) is 0 Å². The van der Waals surface area contributed by atoms with Gasteiger partial charge in [-0.2, -0.15) is 0 Å². The Morgan fingerprint density at radius 2 is 2.25 bits per heavy atom. The van der Waals surface area contributed by atoms with Crippen molar-refractivity contribution in [2.45, 2.75) is 33.1 Å². The van der Waals surface area contributed by atoms with Crippen molar-refractivity contribution in [3.8, 4) is 0 Å². The van der Waals surface area contributed by atoms with Crippen LogP contribution < -0.4 is 11.1 Å². The standard InChI is InChI=1S/C15H21N3OS/c1-10(2)5-3-4-7-18-15(19)14-13(16)11-6-8-17-9-12(11)20-14/h6,8-10H,3-5,7,16H2,1-2H3,(H,18,19). The summed E-state index contributed by atoms with van der Waals surface area (Å²) in [5, 5.41) is 3.86. The highest BCUT2D eigenvalue weighted by atomic mass is 32.1. The molecule has 0 atom stereocenters. The van der Waals surface area contributed by atoms with Crippen LogP contribution in [-0.4, -0.2) is 17.4 Å². The van der Waals surface area contributed by atoms with Gasteiger partial charge in [-0.3, -0.25) is 9.78 Å². The summed E-state index contributed by atoms with van der Waals surface area (Å²) >= 11 is 1.40. The van der Waals surface area contributed by atoms with E-state index in [2.05, 4.69) is 24.1 Å². The summed E-state index contributed by atoms with van der Waals surface area (Å²) in [6.07, 6.45) is 6.79. The highest BCUT2D eigenvalue weighted by Crippen LogP contribution is 2.32. The predicted octanol–water partition coefficient (Wildman–Crippen LogP) is 3.43. The molecule has 3 N–H and O–H groups in total. The minimum atomic E-state index is -0.0757. The Morgan fingerprint density at radius 3 is 2.95 bits per heavy atom. The average molecular weight is 291 g/mol. The highest BCUT2D eigenvalue weighted by Gasteiger charge is 2.15. The zero-order chi connectivity index (χ0) is 14.5. The summed E-state index contributed by atoms with van der Waals surface area (Å²) < 4.78 is 0.954. The van der Waals surface area contributed by atoms with E-state index in [1.807, 2.05) is 6.07 Å². The van der Waals surface area contributed by atoms with Gasteiger partial charge in [0, 0.05) is 24.3 Å². The van der Waals surface area contributed by atoms with E-state index in [0.717, 1.165) is 28.8 Å². The number of anilines is 1. The summed E-state index contributed by atoms with van der Waals surface area (Å²) in [5.74, 6) is 0.643. The fraction of sp³-hybridized carbons (Fsp3) is 0.467. The third-order valence-corrected chi connectivity index (χ3v) is 4.39. The van der Waals surface area contributed by atoms with E-state index < -0.39 is 0 Å². The summed E-state index contributed by atoms with van der Waals surface area (Å²) in [4.78, 5) is 16.8. The summed E-state index contributed by atoms with van der Waals surface area (Å²) in [6.45, 7) is 5.13. The van der Waals surface area contributed by atoms with Crippen LogP contribution in [-0.2, 0) is 0 Å². The van der Waals surface area contributed by atoms with Gasteiger partial charge in [-0.1, -0.05) is 26.7 Å². The van der Waals surface area contributed by atoms with Crippen LogP contribution in [0, 0.1) is 5.92 Å². The molecule has 0 radical (unpaired) electrons. The number of carbonyl (C=O) groups excluding carboxylic acids is 1. The van der Waals surface area contributed by atoms with Crippen molar-refractivity contribution in [3.05, 3.63) is 23.3 Å². The number of aromatic nitrogens is 1. The lowest BCUT2D eigenvalue weighted by atomic mass is 10.1. The SMILES string of the molecule is CC(C)CCCCNC(=O)c1sc2cnccc2c1N. The van der Waals surface area contributed by atoms with Crippen molar-refractivity contribution in [1.29, 1.82) is 0 Å². The molecule has 0 aliphatic rings. The second kappa shape index (κ2) is 6.70. The first-order valence-corrected chi connectivity index (χ1v) is 7.81. The van der Waals surface area contributed by atoms with Crippen LogP contribution in [0.3, 0.4) is 0 Å². The molecule has 0 fully saturated rings. The van der Waals surface area contributed by atoms with Gasteiger partial charge in [0.2, 0.25) is 0 Å². The Balaban J connectivity index is 1.93. The van der Waals surface area contributed by atoms with E-state index in [-0.39, 0.29) is 5.91 Å². The van der Waals surface area contributed by atoms with Gasteiger partial charge < -0.3 is 11.1 Å². The van der Waals surface area contributed by atoms with E-state index in [1.165, 1.54) is 17.8 Å². The van der Waals surface area contributed by atoms with Crippen molar-refractivity contribution in [2.75, 3.05) is 12.3 Å². The second-order valence-electron chi connectivity index (χ2n) is 5.36. The lowest BCUT2D eigenvalue weighted by molar-refractivity contribution is 0.0958. The smallest absolute Gasteiger partial charge is 0.263 e. The predicted molar refractivity (Wildman–Crippen MR) is 85.1 cm³/mol. The summed E-state index contributed by atoms with van der Waals surface area (Å²) in [5.41, 5.74) is 6.59. The number of hydrogen-bond donors (Lipinski definition) is 2. The van der Waals surface area contributed by atoms with Gasteiger partial charge in [-0.05, 0) is 18.4 Å². The molecule has 0 aromatic carbocycles. The number of rotatable bonds is 6. The Hall–Kier alpha value is -1.62. The van der Waals surface area contributed by atoms with E-state index in [4.69, 9.17) is 5.73 Å². The average Bonchev–Trinajstić information content (AvgIpc) is 2.76. The Labute approximate surface area is 123 Å². The molecule has 4 nitrogen and oxygen atoms in total. The second-order valence-corrected chi connectivity index (χ2v) is 6.41. The lowest BCUT2D eigenvalue weighted by Gasteiger charge is -2.06. The molecule has 0 unspecified atom stereocenters. The number of nitrogens with one attached hydrogen (secondary N) is 1. The van der Waals surface area contributed by atoms with Gasteiger partial charge in [0.25, 0.3) is 5.91 Å². The van der Waals surface area contributed by atoms with E-state index in [1.54, 1.807) is 12.4 Å². The van der Waals surface area contributed by atoms with E-state index >= 15 is 0 Å². The number of pyridine rings is 1. The molecule has 2 aromatic rings. The molecular weight excluding hydrogens is 270 g/mol. The minimum absolute atomic E-state index is 0.0757. The number of nitrogen functional groups attached to an aromatic ring is 1. The van der Waals surface area contributed by atoms with Crippen LogP contribution in [0.15, 0.2) is 18.5 Å². The number of unbranched alkanes of at least 4 members (excludes halogenated alkanes) is 1. The topological polar surface area (TPSA) is 68.0 Å². The van der Waals surface area contributed by atoms with Gasteiger partial charge in [0.1, 0.15) is 4.88 Å². The van der Waals surface area contributed by atoms with Crippen molar-refractivity contribution in [3.63, 3.8) is 0 Å². The Bertz CT molecular complexity index is 592. The Kier molecular flexibility index (Phi) is 4.95. The molecule has 0 aliphatic heterocycles. The van der Waals surface area contributed by atoms with E-state index in [0.29, 0.717) is 17.1 Å². The largest absolute Gasteiger partial charge is 0.397 e. The molecule has 108 valence electrons. The first-order valence-electron chi connectivity index (χ1n) is 6.99. The third-order valence-electron chi connectivity index (χ3n) is 3.23. The molecule has 2 aromatic heterocycles. The molecule has 0 saturated carbocycles. The quantitative estimate of drug-likeness (QED) is 0.801. The molecule has 0 bridgehead atoms. The normalized spacial score (nSPS) is 11.2. The van der Waals surface area contributed by atoms with Crippen LogP contribution in [0.2, 0.25) is 0 Å². The van der Waals surface area contributed by atoms with Crippen LogP contribution in [0.4, 0.5) is 5.69 Å². The number of fused-ring (bicyclic) bond motifs is 1. The zero-order valence-electron chi connectivity index (χ0n) is 12.0. The van der Waals surface area contributed by atoms with Crippen LogP contribution in [0.25, 0.3) is 10.1 Å². The molecule has 5 heteroatoms. The molecule has 2 rings (SSSR count). The first-order chi connectivity index (χ1) is 9.59. The molecule has 1 amide bonds. The zero-order valence-corrected chi connectivity index (χ0v) is 12.8. The maximum absolute atomic E-state index is 12.1. The van der Waals surface area contributed by atoms with Crippen molar-refractivity contribution >= 4 is 33.0 Å². The molecule has 0 spiro atoms. The fourth-order valence-corrected chi connectivity index (χ4v) is 3.11. The Morgan fingerprint density at radius 1 is 1.45 bits per heavy atom. The summed E-state index contributed by atoms with van der Waals surface area (Å²) in [7, 11) is 0. The number of nitrogens with two attached hydrogens (primary N) is 1. The summed E-state index contributed by atoms with van der Waals surface area (Å²) in [6, 6.07) is 1.85. The van der Waals surface area contributed by atoms with Gasteiger partial charge in [-0.15, -0.1) is 11.3 Å². The van der Waals surface area contributed by atoms with Crippen LogP contribution >= 0.6 is 11.3 Å².